The van der Waals surface area contributed by atoms with E-state index in [0.29, 0.717) is 19.6 Å². The van der Waals surface area contributed by atoms with Crippen molar-refractivity contribution in [3.05, 3.63) is 24.3 Å². The third kappa shape index (κ3) is 4.76. The molecule has 1 aromatic carbocycles. The highest BCUT2D eigenvalue weighted by atomic mass is 16.5. The summed E-state index contributed by atoms with van der Waals surface area (Å²) in [5.74, 6) is -0.163. The number of carbonyl (C=O) groups excluding carboxylic acids is 1. The quantitative estimate of drug-likeness (QED) is 0.768. The van der Waals surface area contributed by atoms with Crippen molar-refractivity contribution >= 4 is 17.3 Å². The van der Waals surface area contributed by atoms with E-state index in [0.717, 1.165) is 11.4 Å². The lowest BCUT2D eigenvalue weighted by molar-refractivity contribution is -0.142. The van der Waals surface area contributed by atoms with Crippen molar-refractivity contribution in [2.75, 3.05) is 37.5 Å². The molecule has 4 heteroatoms. The first kappa shape index (κ1) is 13.4. The molecule has 0 aliphatic heterocycles. The van der Waals surface area contributed by atoms with Gasteiger partial charge in [-0.1, -0.05) is 6.07 Å². The van der Waals surface area contributed by atoms with Gasteiger partial charge in [0.2, 0.25) is 0 Å². The van der Waals surface area contributed by atoms with E-state index >= 15 is 0 Å². The smallest absolute Gasteiger partial charge is 0.307 e. The number of hydrogen-bond donors (Lipinski definition) is 1. The predicted octanol–water partition coefficient (Wildman–Crippen LogP) is 2.12. The van der Waals surface area contributed by atoms with Gasteiger partial charge in [0.05, 0.1) is 13.0 Å². The van der Waals surface area contributed by atoms with Crippen LogP contribution in [0.4, 0.5) is 11.4 Å². The predicted molar refractivity (Wildman–Crippen MR) is 70.5 cm³/mol. The molecule has 0 aliphatic carbocycles. The lowest BCUT2D eigenvalue weighted by Crippen LogP contribution is -2.12. The summed E-state index contributed by atoms with van der Waals surface area (Å²) in [6.45, 7) is 2.84. The maximum Gasteiger partial charge on any atom is 0.307 e. The lowest BCUT2D eigenvalue weighted by atomic mass is 10.2. The second-order valence-electron chi connectivity index (χ2n) is 3.93. The molecule has 0 unspecified atom stereocenters. The Hall–Kier alpha value is -1.71. The van der Waals surface area contributed by atoms with Crippen LogP contribution in [0.2, 0.25) is 0 Å². The zero-order valence-corrected chi connectivity index (χ0v) is 10.7. The molecular weight excluding hydrogens is 216 g/mol. The largest absolute Gasteiger partial charge is 0.466 e. The Bertz CT molecular complexity index is 364. The summed E-state index contributed by atoms with van der Waals surface area (Å²) < 4.78 is 4.85. The lowest BCUT2D eigenvalue weighted by Gasteiger charge is -2.14. The van der Waals surface area contributed by atoms with Gasteiger partial charge in [0, 0.05) is 32.0 Å². The summed E-state index contributed by atoms with van der Waals surface area (Å²) in [5.41, 5.74) is 2.15. The van der Waals surface area contributed by atoms with Crippen LogP contribution in [-0.4, -0.2) is 33.2 Å². The van der Waals surface area contributed by atoms with Gasteiger partial charge in [0.1, 0.15) is 0 Å². The van der Waals surface area contributed by atoms with Crippen LogP contribution in [0, 0.1) is 0 Å². The second-order valence-corrected chi connectivity index (χ2v) is 3.93. The molecule has 0 radical (unpaired) electrons. The minimum atomic E-state index is -0.163. The number of carbonyl (C=O) groups is 1. The van der Waals surface area contributed by atoms with E-state index in [2.05, 4.69) is 5.32 Å². The van der Waals surface area contributed by atoms with E-state index < -0.39 is 0 Å². The third-order valence-corrected chi connectivity index (χ3v) is 2.33. The van der Waals surface area contributed by atoms with Crippen LogP contribution in [0.15, 0.2) is 24.3 Å². The first-order chi connectivity index (χ1) is 8.13. The molecule has 0 aliphatic rings. The summed E-state index contributed by atoms with van der Waals surface area (Å²) in [7, 11) is 4.00. The Balaban J connectivity index is 2.41. The van der Waals surface area contributed by atoms with Crippen LogP contribution < -0.4 is 10.2 Å². The highest BCUT2D eigenvalue weighted by Crippen LogP contribution is 2.16. The number of nitrogens with zero attached hydrogens (tertiary/aromatic N) is 1. The van der Waals surface area contributed by atoms with Gasteiger partial charge in [0.15, 0.2) is 0 Å². The van der Waals surface area contributed by atoms with Gasteiger partial charge in [-0.15, -0.1) is 0 Å². The molecule has 0 spiro atoms. The zero-order valence-electron chi connectivity index (χ0n) is 10.7. The number of esters is 1. The Morgan fingerprint density at radius 1 is 1.41 bits per heavy atom. The highest BCUT2D eigenvalue weighted by Gasteiger charge is 2.01. The van der Waals surface area contributed by atoms with Crippen molar-refractivity contribution < 1.29 is 9.53 Å². The molecule has 1 N–H and O–H groups in total. The van der Waals surface area contributed by atoms with Crippen molar-refractivity contribution in [2.24, 2.45) is 0 Å². The molecule has 0 atom stereocenters. The van der Waals surface area contributed by atoms with Crippen LogP contribution >= 0.6 is 0 Å². The molecular formula is C13H20N2O2. The van der Waals surface area contributed by atoms with Gasteiger partial charge in [-0.3, -0.25) is 4.79 Å². The minimum absolute atomic E-state index is 0.163. The monoisotopic (exact) mass is 236 g/mol. The van der Waals surface area contributed by atoms with E-state index in [1.54, 1.807) is 0 Å². The van der Waals surface area contributed by atoms with Crippen LogP contribution in [0.3, 0.4) is 0 Å². The van der Waals surface area contributed by atoms with E-state index in [9.17, 15) is 4.79 Å². The third-order valence-electron chi connectivity index (χ3n) is 2.33. The van der Waals surface area contributed by atoms with Crippen molar-refractivity contribution in [1.29, 1.82) is 0 Å². The molecule has 0 amide bonds. The first-order valence-electron chi connectivity index (χ1n) is 5.80. The topological polar surface area (TPSA) is 41.6 Å². The van der Waals surface area contributed by atoms with Gasteiger partial charge in [-0.2, -0.15) is 0 Å². The average Bonchev–Trinajstić information content (AvgIpc) is 2.30. The summed E-state index contributed by atoms with van der Waals surface area (Å²) in [6.07, 6.45) is 0.389. The van der Waals surface area contributed by atoms with Crippen molar-refractivity contribution in [3.8, 4) is 0 Å². The molecule has 4 nitrogen and oxygen atoms in total. The van der Waals surface area contributed by atoms with Gasteiger partial charge in [-0.25, -0.2) is 0 Å². The highest BCUT2D eigenvalue weighted by molar-refractivity contribution is 5.70. The fraction of sp³-hybridized carbons (Fsp3) is 0.462. The molecule has 0 aromatic heterocycles. The number of rotatable bonds is 6. The average molecular weight is 236 g/mol. The fourth-order valence-electron chi connectivity index (χ4n) is 1.44. The number of benzene rings is 1. The van der Waals surface area contributed by atoms with Crippen LogP contribution in [0.1, 0.15) is 13.3 Å². The molecule has 1 rings (SSSR count). The minimum Gasteiger partial charge on any atom is -0.466 e. The summed E-state index contributed by atoms with van der Waals surface area (Å²) in [5, 5.41) is 3.20. The summed E-state index contributed by atoms with van der Waals surface area (Å²) in [6, 6.07) is 8.06. The Labute approximate surface area is 103 Å². The fourth-order valence-corrected chi connectivity index (χ4v) is 1.44. The van der Waals surface area contributed by atoms with Crippen molar-refractivity contribution in [3.63, 3.8) is 0 Å². The first-order valence-corrected chi connectivity index (χ1v) is 5.80. The summed E-state index contributed by atoms with van der Waals surface area (Å²) in [4.78, 5) is 13.2. The number of ether oxygens (including phenoxy) is 1. The van der Waals surface area contributed by atoms with Gasteiger partial charge in [-0.05, 0) is 25.1 Å². The van der Waals surface area contributed by atoms with Crippen molar-refractivity contribution in [1.82, 2.24) is 0 Å². The van der Waals surface area contributed by atoms with E-state index in [1.807, 2.05) is 50.2 Å². The van der Waals surface area contributed by atoms with Crippen LogP contribution in [-0.2, 0) is 9.53 Å². The second kappa shape index (κ2) is 6.78. The van der Waals surface area contributed by atoms with Crippen molar-refractivity contribution in [2.45, 2.75) is 13.3 Å². The zero-order chi connectivity index (χ0) is 12.7. The maximum atomic E-state index is 11.1. The van der Waals surface area contributed by atoms with Gasteiger partial charge >= 0.3 is 5.97 Å². The Kier molecular flexibility index (Phi) is 5.33. The molecule has 0 bridgehead atoms. The van der Waals surface area contributed by atoms with Crippen LogP contribution in [0.5, 0.6) is 0 Å². The van der Waals surface area contributed by atoms with E-state index in [4.69, 9.17) is 4.74 Å². The Morgan fingerprint density at radius 3 is 2.82 bits per heavy atom. The molecule has 0 saturated carbocycles. The van der Waals surface area contributed by atoms with Crippen LogP contribution in [0.25, 0.3) is 0 Å². The molecule has 0 heterocycles. The van der Waals surface area contributed by atoms with Gasteiger partial charge in [0.25, 0.3) is 0 Å². The molecule has 1 aromatic rings. The SMILES string of the molecule is CCOC(=O)CCNc1cccc(N(C)C)c1. The number of anilines is 2. The number of nitrogens with one attached hydrogen (secondary N) is 1. The maximum absolute atomic E-state index is 11.1. The Morgan fingerprint density at radius 2 is 2.18 bits per heavy atom. The molecule has 0 fully saturated rings. The summed E-state index contributed by atoms with van der Waals surface area (Å²) >= 11 is 0. The standard InChI is InChI=1S/C13H20N2O2/c1-4-17-13(16)8-9-14-11-6-5-7-12(10-11)15(2)3/h5-7,10,14H,4,8-9H2,1-3H3. The van der Waals surface area contributed by atoms with Gasteiger partial charge < -0.3 is 15.0 Å². The molecule has 17 heavy (non-hydrogen) atoms. The number of hydrogen-bond acceptors (Lipinski definition) is 4. The normalized spacial score (nSPS) is 9.82. The molecule has 0 saturated heterocycles. The van der Waals surface area contributed by atoms with E-state index in [1.165, 1.54) is 0 Å². The molecule has 94 valence electrons. The van der Waals surface area contributed by atoms with E-state index in [-0.39, 0.29) is 5.97 Å².